The number of para-hydroxylation sites is 1. The number of carbonyl (C=O) groups excluding carboxylic acids is 2. The normalized spacial score (nSPS) is 14.3. The summed E-state index contributed by atoms with van der Waals surface area (Å²) in [6, 6.07) is 14.0. The molecule has 0 saturated heterocycles. The van der Waals surface area contributed by atoms with Crippen LogP contribution in [0.15, 0.2) is 42.5 Å². The monoisotopic (exact) mass is 353 g/mol. The Morgan fingerprint density at radius 1 is 1.04 bits per heavy atom. The summed E-state index contributed by atoms with van der Waals surface area (Å²) in [6.07, 6.45) is 0.942. The van der Waals surface area contributed by atoms with E-state index >= 15 is 0 Å². The van der Waals surface area contributed by atoms with E-state index in [1.807, 2.05) is 6.07 Å². The molecule has 1 saturated carbocycles. The first-order valence-corrected chi connectivity index (χ1v) is 8.23. The molecule has 5 nitrogen and oxygen atoms in total. The Bertz CT molecular complexity index is 898. The zero-order valence-corrected chi connectivity index (χ0v) is 14.4. The lowest BCUT2D eigenvalue weighted by atomic mass is 10.0. The third-order valence-electron chi connectivity index (χ3n) is 4.43. The Morgan fingerprint density at radius 2 is 1.64 bits per heavy atom. The van der Waals surface area contributed by atoms with Crippen LogP contribution in [0.5, 0.6) is 0 Å². The third-order valence-corrected chi connectivity index (χ3v) is 4.84. The van der Waals surface area contributed by atoms with E-state index in [-0.39, 0.29) is 5.91 Å². The largest absolute Gasteiger partial charge is 0.325 e. The number of carbonyl (C=O) groups is 2. The minimum Gasteiger partial charge on any atom is -0.325 e. The van der Waals surface area contributed by atoms with Crippen LogP contribution in [0, 0.1) is 23.7 Å². The average molecular weight is 354 g/mol. The summed E-state index contributed by atoms with van der Waals surface area (Å²) in [6.45, 7) is 1.81. The van der Waals surface area contributed by atoms with Crippen LogP contribution < -0.4 is 10.6 Å². The Hall–Kier alpha value is -2.84. The van der Waals surface area contributed by atoms with Crippen molar-refractivity contribution in [3.8, 4) is 6.07 Å². The number of nitrogens with one attached hydrogen (secondary N) is 2. The molecule has 6 heteroatoms. The molecule has 2 N–H and O–H groups in total. The van der Waals surface area contributed by atoms with Crippen molar-refractivity contribution in [1.82, 2.24) is 0 Å². The van der Waals surface area contributed by atoms with E-state index in [1.165, 1.54) is 0 Å². The molecule has 126 valence electrons. The number of halogens is 1. The summed E-state index contributed by atoms with van der Waals surface area (Å²) in [7, 11) is 0. The van der Waals surface area contributed by atoms with Gasteiger partial charge in [0.2, 0.25) is 11.8 Å². The highest BCUT2D eigenvalue weighted by atomic mass is 35.5. The average Bonchev–Trinajstić information content (AvgIpc) is 3.41. The molecule has 0 aromatic heterocycles. The Labute approximate surface area is 150 Å². The van der Waals surface area contributed by atoms with E-state index in [0.717, 1.165) is 5.56 Å². The van der Waals surface area contributed by atoms with Gasteiger partial charge in [-0.2, -0.15) is 5.26 Å². The zero-order valence-electron chi connectivity index (χ0n) is 13.6. The van der Waals surface area contributed by atoms with Crippen molar-refractivity contribution >= 4 is 34.8 Å². The molecule has 0 atom stereocenters. The Balaban J connectivity index is 1.77. The van der Waals surface area contributed by atoms with Gasteiger partial charge in [-0.1, -0.05) is 29.8 Å². The summed E-state index contributed by atoms with van der Waals surface area (Å²) >= 11 is 6.07. The maximum absolute atomic E-state index is 12.7. The van der Waals surface area contributed by atoms with Crippen molar-refractivity contribution in [2.45, 2.75) is 19.8 Å². The number of benzene rings is 2. The number of hydrogen-bond donors (Lipinski definition) is 2. The third kappa shape index (κ3) is 3.21. The zero-order chi connectivity index (χ0) is 18.0. The van der Waals surface area contributed by atoms with Crippen LogP contribution in [-0.2, 0) is 9.59 Å². The molecular weight excluding hydrogens is 338 g/mol. The molecular formula is C19H16ClN3O2. The Morgan fingerprint density at radius 3 is 2.28 bits per heavy atom. The van der Waals surface area contributed by atoms with E-state index in [1.54, 1.807) is 49.4 Å². The molecule has 3 rings (SSSR count). The summed E-state index contributed by atoms with van der Waals surface area (Å²) in [5, 5.41) is 15.2. The molecule has 0 unspecified atom stereocenters. The van der Waals surface area contributed by atoms with E-state index in [0.29, 0.717) is 34.8 Å². The van der Waals surface area contributed by atoms with Crippen LogP contribution in [0.1, 0.15) is 24.0 Å². The molecule has 1 fully saturated rings. The van der Waals surface area contributed by atoms with Crippen molar-refractivity contribution in [1.29, 1.82) is 5.26 Å². The highest BCUT2D eigenvalue weighted by Crippen LogP contribution is 2.47. The standard InChI is InChI=1S/C19H16ClN3O2/c1-12-14(20)6-4-8-15(12)22-17(24)19(9-10-19)18(25)23-16-7-3-2-5-13(16)11-21/h2-8H,9-10H2,1H3,(H,22,24)(H,23,25). The SMILES string of the molecule is Cc1c(Cl)cccc1NC(=O)C1(C(=O)Nc2ccccc2C#N)CC1. The second-order valence-corrected chi connectivity index (χ2v) is 6.47. The van der Waals surface area contributed by atoms with E-state index in [4.69, 9.17) is 16.9 Å². The van der Waals surface area contributed by atoms with Crippen molar-refractivity contribution < 1.29 is 9.59 Å². The van der Waals surface area contributed by atoms with Crippen LogP contribution in [0.2, 0.25) is 5.02 Å². The fraction of sp³-hybridized carbons (Fsp3) is 0.211. The van der Waals surface area contributed by atoms with Crippen molar-refractivity contribution in [2.75, 3.05) is 10.6 Å². The summed E-state index contributed by atoms with van der Waals surface area (Å²) in [5.41, 5.74) is 1.01. The van der Waals surface area contributed by atoms with Gasteiger partial charge in [-0.05, 0) is 49.6 Å². The smallest absolute Gasteiger partial charge is 0.240 e. The molecule has 0 aliphatic heterocycles. The van der Waals surface area contributed by atoms with Crippen molar-refractivity contribution in [2.24, 2.45) is 5.41 Å². The van der Waals surface area contributed by atoms with Crippen molar-refractivity contribution in [3.05, 3.63) is 58.6 Å². The van der Waals surface area contributed by atoms with Gasteiger partial charge in [-0.25, -0.2) is 0 Å². The molecule has 0 heterocycles. The van der Waals surface area contributed by atoms with E-state index < -0.39 is 11.3 Å². The number of nitrogens with zero attached hydrogens (tertiary/aromatic N) is 1. The van der Waals surface area contributed by atoms with Gasteiger partial charge < -0.3 is 10.6 Å². The maximum atomic E-state index is 12.7. The molecule has 0 radical (unpaired) electrons. The Kier molecular flexibility index (Phi) is 4.47. The molecule has 1 aliphatic rings. The second kappa shape index (κ2) is 6.58. The highest BCUT2D eigenvalue weighted by Gasteiger charge is 2.56. The summed E-state index contributed by atoms with van der Waals surface area (Å²) < 4.78 is 0. The molecule has 0 spiro atoms. The predicted octanol–water partition coefficient (Wildman–Crippen LogP) is 3.88. The molecule has 25 heavy (non-hydrogen) atoms. The fourth-order valence-corrected chi connectivity index (χ4v) is 2.77. The van der Waals surface area contributed by atoms with Crippen LogP contribution in [-0.4, -0.2) is 11.8 Å². The van der Waals surface area contributed by atoms with Gasteiger partial charge in [0, 0.05) is 10.7 Å². The number of rotatable bonds is 4. The van der Waals surface area contributed by atoms with Crippen LogP contribution >= 0.6 is 11.6 Å². The van der Waals surface area contributed by atoms with E-state index in [2.05, 4.69) is 10.6 Å². The summed E-state index contributed by atoms with van der Waals surface area (Å²) in [5.74, 6) is -0.753. The number of amides is 2. The van der Waals surface area contributed by atoms with Gasteiger partial charge in [-0.15, -0.1) is 0 Å². The molecule has 1 aliphatic carbocycles. The van der Waals surface area contributed by atoms with Crippen molar-refractivity contribution in [3.63, 3.8) is 0 Å². The fourth-order valence-electron chi connectivity index (χ4n) is 2.60. The van der Waals surface area contributed by atoms with Gasteiger partial charge in [0.25, 0.3) is 0 Å². The lowest BCUT2D eigenvalue weighted by Crippen LogP contribution is -2.36. The quantitative estimate of drug-likeness (QED) is 0.818. The first kappa shape index (κ1) is 17.0. The lowest BCUT2D eigenvalue weighted by molar-refractivity contribution is -0.131. The van der Waals surface area contributed by atoms with E-state index in [9.17, 15) is 9.59 Å². The maximum Gasteiger partial charge on any atom is 0.240 e. The minimum absolute atomic E-state index is 0.357. The first-order valence-electron chi connectivity index (χ1n) is 7.85. The number of anilines is 2. The number of nitriles is 1. The van der Waals surface area contributed by atoms with Gasteiger partial charge in [-0.3, -0.25) is 9.59 Å². The minimum atomic E-state index is -1.10. The summed E-state index contributed by atoms with van der Waals surface area (Å²) in [4.78, 5) is 25.3. The molecule has 2 amide bonds. The highest BCUT2D eigenvalue weighted by molar-refractivity contribution is 6.31. The topological polar surface area (TPSA) is 82.0 Å². The van der Waals surface area contributed by atoms with Gasteiger partial charge in [0.05, 0.1) is 11.3 Å². The lowest BCUT2D eigenvalue weighted by Gasteiger charge is -2.17. The van der Waals surface area contributed by atoms with Gasteiger partial charge in [0.15, 0.2) is 0 Å². The van der Waals surface area contributed by atoms with Crippen LogP contribution in [0.4, 0.5) is 11.4 Å². The molecule has 2 aromatic carbocycles. The molecule has 0 bridgehead atoms. The van der Waals surface area contributed by atoms with Gasteiger partial charge in [0.1, 0.15) is 11.5 Å². The predicted molar refractivity (Wildman–Crippen MR) is 96.3 cm³/mol. The van der Waals surface area contributed by atoms with Crippen LogP contribution in [0.25, 0.3) is 0 Å². The van der Waals surface area contributed by atoms with Gasteiger partial charge >= 0.3 is 0 Å². The second-order valence-electron chi connectivity index (χ2n) is 6.06. The molecule has 2 aromatic rings. The number of hydrogen-bond acceptors (Lipinski definition) is 3. The first-order chi connectivity index (χ1) is 12.0. The van der Waals surface area contributed by atoms with Crippen LogP contribution in [0.3, 0.4) is 0 Å².